The zero-order valence-electron chi connectivity index (χ0n) is 11.4. The molecule has 0 aliphatic rings. The summed E-state index contributed by atoms with van der Waals surface area (Å²) in [7, 11) is 0. The number of fused-ring (bicyclic) bond motifs is 1. The van der Waals surface area contributed by atoms with Gasteiger partial charge in [0.25, 0.3) is 0 Å². The van der Waals surface area contributed by atoms with E-state index in [9.17, 15) is 4.39 Å². The fraction of sp³-hybridized carbons (Fsp3) is 0.400. The third-order valence-corrected chi connectivity index (χ3v) is 3.26. The molecule has 0 amide bonds. The lowest BCUT2D eigenvalue weighted by Gasteiger charge is -2.17. The smallest absolute Gasteiger partial charge is 0.150 e. The number of aromatic nitrogens is 1. The Kier molecular flexibility index (Phi) is 4.20. The number of nitrogens with zero attached hydrogens (tertiary/aromatic N) is 1. The molecule has 0 aliphatic heterocycles. The predicted molar refractivity (Wildman–Crippen MR) is 78.7 cm³/mol. The molecule has 0 fully saturated rings. The predicted octanol–water partition coefficient (Wildman–Crippen LogP) is 3.95. The number of nitrogens with one attached hydrogen (secondary N) is 1. The Hall–Kier alpha value is -1.84. The number of hydrogen-bond acceptors (Lipinski definition) is 3. The third-order valence-electron chi connectivity index (χ3n) is 3.26. The number of nitrogen functional groups attached to an aromatic ring is 1. The summed E-state index contributed by atoms with van der Waals surface area (Å²) in [5.41, 5.74) is 7.31. The summed E-state index contributed by atoms with van der Waals surface area (Å²) in [4.78, 5) is 4.25. The van der Waals surface area contributed by atoms with Crippen LogP contribution in [0.3, 0.4) is 0 Å². The molecule has 1 heterocycles. The molecule has 102 valence electrons. The van der Waals surface area contributed by atoms with Gasteiger partial charge in [0, 0.05) is 23.3 Å². The Morgan fingerprint density at radius 1 is 1.47 bits per heavy atom. The van der Waals surface area contributed by atoms with Gasteiger partial charge in [0.1, 0.15) is 0 Å². The summed E-state index contributed by atoms with van der Waals surface area (Å²) in [6, 6.07) is 5.24. The van der Waals surface area contributed by atoms with Crippen LogP contribution in [0.25, 0.3) is 10.9 Å². The van der Waals surface area contributed by atoms with Crippen molar-refractivity contribution in [2.24, 2.45) is 0 Å². The zero-order valence-corrected chi connectivity index (χ0v) is 11.4. The second kappa shape index (κ2) is 5.87. The van der Waals surface area contributed by atoms with Crippen LogP contribution >= 0.6 is 0 Å². The van der Waals surface area contributed by atoms with Crippen LogP contribution in [0.15, 0.2) is 24.4 Å². The number of halogens is 1. The molecular weight excluding hydrogens is 241 g/mol. The summed E-state index contributed by atoms with van der Waals surface area (Å²) in [5, 5.41) is 4.01. The van der Waals surface area contributed by atoms with Crippen LogP contribution in [0.2, 0.25) is 0 Å². The zero-order chi connectivity index (χ0) is 13.8. The van der Waals surface area contributed by atoms with E-state index in [-0.39, 0.29) is 11.9 Å². The molecule has 4 heteroatoms. The molecule has 0 radical (unpaired) electrons. The highest BCUT2D eigenvalue weighted by atomic mass is 19.1. The first-order valence-corrected chi connectivity index (χ1v) is 6.72. The fourth-order valence-corrected chi connectivity index (χ4v) is 2.20. The van der Waals surface area contributed by atoms with Crippen LogP contribution < -0.4 is 11.1 Å². The van der Waals surface area contributed by atoms with Crippen LogP contribution in [0.1, 0.15) is 33.1 Å². The molecule has 1 unspecified atom stereocenters. The van der Waals surface area contributed by atoms with E-state index in [0.29, 0.717) is 16.9 Å². The van der Waals surface area contributed by atoms with E-state index < -0.39 is 0 Å². The van der Waals surface area contributed by atoms with Crippen molar-refractivity contribution in [3.05, 3.63) is 30.2 Å². The first kappa shape index (κ1) is 13.6. The molecule has 3 N–H and O–H groups in total. The summed E-state index contributed by atoms with van der Waals surface area (Å²) in [6.45, 7) is 4.20. The van der Waals surface area contributed by atoms with Crippen molar-refractivity contribution in [3.63, 3.8) is 0 Å². The van der Waals surface area contributed by atoms with E-state index >= 15 is 0 Å². The molecule has 0 saturated heterocycles. The molecule has 0 bridgehead atoms. The molecule has 0 spiro atoms. The van der Waals surface area contributed by atoms with Crippen molar-refractivity contribution in [3.8, 4) is 0 Å². The van der Waals surface area contributed by atoms with Crippen molar-refractivity contribution in [2.75, 3.05) is 11.1 Å². The highest BCUT2D eigenvalue weighted by Crippen LogP contribution is 2.30. The topological polar surface area (TPSA) is 50.9 Å². The lowest BCUT2D eigenvalue weighted by molar-refractivity contribution is 0.614. The number of hydrogen-bond donors (Lipinski definition) is 2. The lowest BCUT2D eigenvalue weighted by Crippen LogP contribution is -2.16. The van der Waals surface area contributed by atoms with Crippen LogP contribution in [-0.4, -0.2) is 11.0 Å². The average Bonchev–Trinajstić information content (AvgIpc) is 2.41. The standard InChI is InChI=1S/C15H20FN3/c1-3-4-6-10(2)19-15-12(16)9-13(17)11-7-5-8-18-14(11)15/h5,7-10,19H,3-4,6,17H2,1-2H3. The number of pyridine rings is 1. The molecule has 0 saturated carbocycles. The van der Waals surface area contributed by atoms with E-state index in [1.807, 2.05) is 6.07 Å². The number of unbranched alkanes of at least 4 members (excludes halogenated alkanes) is 1. The van der Waals surface area contributed by atoms with E-state index in [2.05, 4.69) is 24.1 Å². The molecule has 1 aromatic heterocycles. The van der Waals surface area contributed by atoms with Crippen LogP contribution in [0.4, 0.5) is 15.8 Å². The van der Waals surface area contributed by atoms with Gasteiger partial charge in [-0.2, -0.15) is 0 Å². The average molecular weight is 261 g/mol. The first-order valence-electron chi connectivity index (χ1n) is 6.72. The number of anilines is 2. The highest BCUT2D eigenvalue weighted by Gasteiger charge is 2.13. The Morgan fingerprint density at radius 3 is 3.00 bits per heavy atom. The van der Waals surface area contributed by atoms with Crippen molar-refractivity contribution >= 4 is 22.3 Å². The van der Waals surface area contributed by atoms with Crippen LogP contribution in [0, 0.1) is 5.82 Å². The van der Waals surface area contributed by atoms with Crippen molar-refractivity contribution < 1.29 is 4.39 Å². The van der Waals surface area contributed by atoms with E-state index in [0.717, 1.165) is 24.6 Å². The van der Waals surface area contributed by atoms with Crippen LogP contribution in [0.5, 0.6) is 0 Å². The van der Waals surface area contributed by atoms with Gasteiger partial charge in [-0.15, -0.1) is 0 Å². The second-order valence-electron chi connectivity index (χ2n) is 4.91. The largest absolute Gasteiger partial charge is 0.398 e. The SMILES string of the molecule is CCCCC(C)Nc1c(F)cc(N)c2cccnc12. The number of benzene rings is 1. The molecule has 1 atom stereocenters. The normalized spacial score (nSPS) is 12.6. The minimum absolute atomic E-state index is 0.211. The Balaban J connectivity index is 2.37. The summed E-state index contributed by atoms with van der Waals surface area (Å²) >= 11 is 0. The molecular formula is C15H20FN3. The lowest BCUT2D eigenvalue weighted by atomic mass is 10.1. The summed E-state index contributed by atoms with van der Waals surface area (Å²) < 4.78 is 14.1. The van der Waals surface area contributed by atoms with Gasteiger partial charge < -0.3 is 11.1 Å². The molecule has 2 rings (SSSR count). The maximum Gasteiger partial charge on any atom is 0.150 e. The molecule has 0 aliphatic carbocycles. The van der Waals surface area contributed by atoms with Crippen molar-refractivity contribution in [1.82, 2.24) is 4.98 Å². The number of rotatable bonds is 5. The van der Waals surface area contributed by atoms with Gasteiger partial charge in [-0.25, -0.2) is 4.39 Å². The molecule has 1 aromatic carbocycles. The van der Waals surface area contributed by atoms with Gasteiger partial charge in [0.05, 0.1) is 11.2 Å². The first-order chi connectivity index (χ1) is 9.13. The maximum absolute atomic E-state index is 14.1. The highest BCUT2D eigenvalue weighted by molar-refractivity contribution is 5.98. The second-order valence-corrected chi connectivity index (χ2v) is 4.91. The monoisotopic (exact) mass is 261 g/mol. The van der Waals surface area contributed by atoms with Gasteiger partial charge in [-0.05, 0) is 31.5 Å². The molecule has 19 heavy (non-hydrogen) atoms. The van der Waals surface area contributed by atoms with E-state index in [1.165, 1.54) is 6.07 Å². The maximum atomic E-state index is 14.1. The van der Waals surface area contributed by atoms with Gasteiger partial charge in [0.15, 0.2) is 5.82 Å². The van der Waals surface area contributed by atoms with Gasteiger partial charge >= 0.3 is 0 Å². The summed E-state index contributed by atoms with van der Waals surface area (Å²) in [5.74, 6) is -0.341. The third kappa shape index (κ3) is 2.95. The van der Waals surface area contributed by atoms with E-state index in [1.54, 1.807) is 12.3 Å². The quantitative estimate of drug-likeness (QED) is 0.801. The molecule has 2 aromatic rings. The van der Waals surface area contributed by atoms with Gasteiger partial charge in [-0.1, -0.05) is 19.8 Å². The minimum atomic E-state index is -0.341. The Labute approximate surface area is 113 Å². The van der Waals surface area contributed by atoms with Gasteiger partial charge in [-0.3, -0.25) is 4.98 Å². The Bertz CT molecular complexity index is 569. The van der Waals surface area contributed by atoms with Crippen LogP contribution in [-0.2, 0) is 0 Å². The van der Waals surface area contributed by atoms with Crippen molar-refractivity contribution in [2.45, 2.75) is 39.2 Å². The fourth-order valence-electron chi connectivity index (χ4n) is 2.20. The summed E-state index contributed by atoms with van der Waals surface area (Å²) in [6.07, 6.45) is 4.92. The van der Waals surface area contributed by atoms with Gasteiger partial charge in [0.2, 0.25) is 0 Å². The minimum Gasteiger partial charge on any atom is -0.398 e. The van der Waals surface area contributed by atoms with E-state index in [4.69, 9.17) is 5.73 Å². The Morgan fingerprint density at radius 2 is 2.26 bits per heavy atom. The van der Waals surface area contributed by atoms with Crippen molar-refractivity contribution in [1.29, 1.82) is 0 Å². The molecule has 3 nitrogen and oxygen atoms in total. The number of nitrogens with two attached hydrogens (primary N) is 1.